The lowest BCUT2D eigenvalue weighted by molar-refractivity contribution is -0.112. The van der Waals surface area contributed by atoms with Crippen LogP contribution in [0.2, 0.25) is 0 Å². The third-order valence-corrected chi connectivity index (χ3v) is 5.84. The second-order valence-corrected chi connectivity index (χ2v) is 8.69. The Hall–Kier alpha value is -3.36. The van der Waals surface area contributed by atoms with Gasteiger partial charge in [0.25, 0.3) is 5.91 Å². The van der Waals surface area contributed by atoms with Gasteiger partial charge < -0.3 is 10.1 Å². The molecule has 0 radical (unpaired) electrons. The number of nitrogens with zero attached hydrogens (tertiary/aromatic N) is 1. The summed E-state index contributed by atoms with van der Waals surface area (Å²) in [6, 6.07) is 19.6. The van der Waals surface area contributed by atoms with Gasteiger partial charge in [-0.3, -0.25) is 4.79 Å². The Kier molecular flexibility index (Phi) is 7.50. The number of benzene rings is 3. The van der Waals surface area contributed by atoms with Crippen molar-refractivity contribution in [2.75, 3.05) is 5.32 Å². The fourth-order valence-corrected chi connectivity index (χ4v) is 3.69. The van der Waals surface area contributed by atoms with Crippen LogP contribution in [0.1, 0.15) is 33.4 Å². The van der Waals surface area contributed by atoms with Gasteiger partial charge in [-0.05, 0) is 97.5 Å². The number of nitriles is 1. The van der Waals surface area contributed by atoms with Crippen LogP contribution in [-0.4, -0.2) is 5.91 Å². The molecule has 3 aromatic rings. The van der Waals surface area contributed by atoms with E-state index in [2.05, 4.69) is 21.2 Å². The molecule has 1 amide bonds. The molecule has 1 N–H and O–H groups in total. The Bertz CT molecular complexity index is 1200. The van der Waals surface area contributed by atoms with E-state index in [0.29, 0.717) is 12.3 Å². The molecule has 0 saturated heterocycles. The van der Waals surface area contributed by atoms with E-state index in [1.807, 2.05) is 88.4 Å². The van der Waals surface area contributed by atoms with Crippen molar-refractivity contribution in [2.24, 2.45) is 0 Å². The van der Waals surface area contributed by atoms with Crippen molar-refractivity contribution in [1.29, 1.82) is 5.26 Å². The van der Waals surface area contributed by atoms with Gasteiger partial charge in [0.15, 0.2) is 0 Å². The molecular weight excluding hydrogens is 464 g/mol. The number of aryl methyl sites for hydroxylation is 3. The van der Waals surface area contributed by atoms with Gasteiger partial charge in [-0.2, -0.15) is 5.26 Å². The van der Waals surface area contributed by atoms with Crippen molar-refractivity contribution < 1.29 is 9.53 Å². The Labute approximate surface area is 197 Å². The van der Waals surface area contributed by atoms with Crippen LogP contribution < -0.4 is 10.1 Å². The minimum atomic E-state index is -0.424. The Morgan fingerprint density at radius 1 is 1.03 bits per heavy atom. The Balaban J connectivity index is 1.78. The summed E-state index contributed by atoms with van der Waals surface area (Å²) in [6.45, 7) is 8.32. The molecule has 0 spiro atoms. The smallest absolute Gasteiger partial charge is 0.266 e. The van der Waals surface area contributed by atoms with Crippen LogP contribution in [0.5, 0.6) is 5.75 Å². The summed E-state index contributed by atoms with van der Waals surface area (Å²) in [4.78, 5) is 12.7. The lowest BCUT2D eigenvalue weighted by Crippen LogP contribution is -2.14. The van der Waals surface area contributed by atoms with E-state index >= 15 is 0 Å². The zero-order valence-electron chi connectivity index (χ0n) is 18.6. The third-order valence-electron chi connectivity index (χ3n) is 5.31. The summed E-state index contributed by atoms with van der Waals surface area (Å²) in [5, 5.41) is 12.4. The first-order valence-electron chi connectivity index (χ1n) is 10.3. The first-order valence-corrected chi connectivity index (χ1v) is 11.1. The number of hydrogen-bond acceptors (Lipinski definition) is 3. The summed E-state index contributed by atoms with van der Waals surface area (Å²) >= 11 is 3.44. The van der Waals surface area contributed by atoms with E-state index in [1.165, 1.54) is 0 Å². The summed E-state index contributed by atoms with van der Waals surface area (Å²) < 4.78 is 7.08. The SMILES string of the molecule is Cc1cccc(NC(=O)/C(C#N)=C/c2cc(C)c(OCc3ccc(Br)cc3)c(C)c2)c1C. The fourth-order valence-electron chi connectivity index (χ4n) is 3.42. The molecule has 5 heteroatoms. The van der Waals surface area contributed by atoms with E-state index in [9.17, 15) is 10.1 Å². The monoisotopic (exact) mass is 488 g/mol. The van der Waals surface area contributed by atoms with Gasteiger partial charge in [0.1, 0.15) is 24.0 Å². The second kappa shape index (κ2) is 10.3. The van der Waals surface area contributed by atoms with Crippen LogP contribution in [0.15, 0.2) is 64.6 Å². The molecule has 0 aliphatic rings. The average molecular weight is 489 g/mol. The zero-order chi connectivity index (χ0) is 23.3. The highest BCUT2D eigenvalue weighted by atomic mass is 79.9. The number of rotatable bonds is 6. The predicted molar refractivity (Wildman–Crippen MR) is 133 cm³/mol. The van der Waals surface area contributed by atoms with E-state index in [0.717, 1.165) is 43.6 Å². The van der Waals surface area contributed by atoms with E-state index in [-0.39, 0.29) is 5.57 Å². The van der Waals surface area contributed by atoms with Crippen LogP contribution >= 0.6 is 15.9 Å². The highest BCUT2D eigenvalue weighted by Crippen LogP contribution is 2.27. The topological polar surface area (TPSA) is 62.1 Å². The maximum absolute atomic E-state index is 12.7. The van der Waals surface area contributed by atoms with Crippen molar-refractivity contribution >= 4 is 33.6 Å². The molecule has 0 aliphatic carbocycles. The van der Waals surface area contributed by atoms with Crippen LogP contribution in [0.25, 0.3) is 6.08 Å². The predicted octanol–water partition coefficient (Wildman–Crippen LogP) is 6.81. The third kappa shape index (κ3) is 5.66. The van der Waals surface area contributed by atoms with Crippen LogP contribution in [0.3, 0.4) is 0 Å². The van der Waals surface area contributed by atoms with Crippen molar-refractivity contribution in [3.8, 4) is 11.8 Å². The van der Waals surface area contributed by atoms with Crippen LogP contribution in [0, 0.1) is 39.0 Å². The largest absolute Gasteiger partial charge is 0.488 e. The maximum Gasteiger partial charge on any atom is 0.266 e. The Morgan fingerprint density at radius 3 is 2.31 bits per heavy atom. The standard InChI is InChI=1S/C27H25BrN2O2/c1-17-6-5-7-25(20(17)4)30-27(31)23(15-29)14-22-12-18(2)26(19(3)13-22)32-16-21-8-10-24(28)11-9-21/h5-14H,16H2,1-4H3,(H,30,31)/b23-14+. The van der Waals surface area contributed by atoms with Gasteiger partial charge in [0, 0.05) is 10.2 Å². The molecular formula is C27H25BrN2O2. The van der Waals surface area contributed by atoms with Crippen molar-refractivity contribution in [2.45, 2.75) is 34.3 Å². The first kappa shape index (κ1) is 23.3. The van der Waals surface area contributed by atoms with Gasteiger partial charge >= 0.3 is 0 Å². The zero-order valence-corrected chi connectivity index (χ0v) is 20.2. The lowest BCUT2D eigenvalue weighted by atomic mass is 10.0. The molecule has 0 atom stereocenters. The quantitative estimate of drug-likeness (QED) is 0.306. The molecule has 0 aliphatic heterocycles. The average Bonchev–Trinajstić information content (AvgIpc) is 2.76. The molecule has 3 aromatic carbocycles. The Morgan fingerprint density at radius 2 is 1.69 bits per heavy atom. The van der Waals surface area contributed by atoms with Crippen LogP contribution in [0.4, 0.5) is 5.69 Å². The molecule has 0 heterocycles. The highest BCUT2D eigenvalue weighted by Gasteiger charge is 2.13. The van der Waals surface area contributed by atoms with Gasteiger partial charge in [-0.25, -0.2) is 0 Å². The number of carbonyl (C=O) groups excluding carboxylic acids is 1. The summed E-state index contributed by atoms with van der Waals surface area (Å²) in [5.41, 5.74) is 6.57. The summed E-state index contributed by atoms with van der Waals surface area (Å²) in [6.07, 6.45) is 1.61. The molecule has 162 valence electrons. The molecule has 0 saturated carbocycles. The molecule has 0 fully saturated rings. The highest BCUT2D eigenvalue weighted by molar-refractivity contribution is 9.10. The van der Waals surface area contributed by atoms with E-state index in [1.54, 1.807) is 6.08 Å². The van der Waals surface area contributed by atoms with Gasteiger partial charge in [-0.15, -0.1) is 0 Å². The van der Waals surface area contributed by atoms with Crippen molar-refractivity contribution in [1.82, 2.24) is 0 Å². The number of hydrogen-bond donors (Lipinski definition) is 1. The number of ether oxygens (including phenoxy) is 1. The number of nitrogens with one attached hydrogen (secondary N) is 1. The minimum Gasteiger partial charge on any atom is -0.488 e. The summed E-state index contributed by atoms with van der Waals surface area (Å²) in [7, 11) is 0. The van der Waals surface area contributed by atoms with Crippen molar-refractivity contribution in [3.05, 3.63) is 98.0 Å². The number of anilines is 1. The minimum absolute atomic E-state index is 0.0493. The van der Waals surface area contributed by atoms with Crippen molar-refractivity contribution in [3.63, 3.8) is 0 Å². The summed E-state index contributed by atoms with van der Waals surface area (Å²) in [5.74, 6) is 0.385. The second-order valence-electron chi connectivity index (χ2n) is 7.77. The van der Waals surface area contributed by atoms with Crippen LogP contribution in [-0.2, 0) is 11.4 Å². The number of halogens is 1. The number of carbonyl (C=O) groups is 1. The van der Waals surface area contributed by atoms with E-state index in [4.69, 9.17) is 4.74 Å². The van der Waals surface area contributed by atoms with Gasteiger partial charge in [-0.1, -0.05) is 40.2 Å². The fraction of sp³-hybridized carbons (Fsp3) is 0.185. The number of amides is 1. The molecule has 0 bridgehead atoms. The van der Waals surface area contributed by atoms with E-state index < -0.39 is 5.91 Å². The molecule has 32 heavy (non-hydrogen) atoms. The first-order chi connectivity index (χ1) is 15.3. The normalized spacial score (nSPS) is 11.1. The molecule has 3 rings (SSSR count). The lowest BCUT2D eigenvalue weighted by Gasteiger charge is -2.14. The molecule has 0 unspecified atom stereocenters. The maximum atomic E-state index is 12.7. The molecule has 4 nitrogen and oxygen atoms in total. The van der Waals surface area contributed by atoms with Gasteiger partial charge in [0.2, 0.25) is 0 Å². The molecule has 0 aromatic heterocycles. The van der Waals surface area contributed by atoms with Gasteiger partial charge in [0.05, 0.1) is 0 Å².